The van der Waals surface area contributed by atoms with Gasteiger partial charge in [-0.2, -0.15) is 13.2 Å². The fourth-order valence-electron chi connectivity index (χ4n) is 5.61. The van der Waals surface area contributed by atoms with Crippen molar-refractivity contribution in [2.45, 2.75) is 63.0 Å². The zero-order valence-electron chi connectivity index (χ0n) is 21.1. The highest BCUT2D eigenvalue weighted by Crippen LogP contribution is 2.43. The van der Waals surface area contributed by atoms with Gasteiger partial charge in [-0.15, -0.1) is 0 Å². The standard InChI is InChI=1S/C29H40F3N3O/c30-28(31,32)23-34-19-12-4-2-1-3-5-13-20-35-21-18-26(22-35)29(27(33)36,24-14-8-6-9-15-24)25-16-10-7-11-17-25/h6-11,14-17,26,34H,1-5,12-13,18-23H2,(H2,33,36)/t26-/m0/s1. The van der Waals surface area contributed by atoms with Crippen LogP contribution in [0, 0.1) is 5.92 Å². The number of carbonyl (C=O) groups is 1. The van der Waals surface area contributed by atoms with Crippen molar-refractivity contribution in [3.8, 4) is 0 Å². The van der Waals surface area contributed by atoms with Crippen LogP contribution in [0.1, 0.15) is 62.5 Å². The molecular weight excluding hydrogens is 463 g/mol. The summed E-state index contributed by atoms with van der Waals surface area (Å²) in [4.78, 5) is 15.6. The molecule has 198 valence electrons. The molecule has 1 heterocycles. The zero-order valence-corrected chi connectivity index (χ0v) is 21.1. The summed E-state index contributed by atoms with van der Waals surface area (Å²) in [5, 5.41) is 2.45. The van der Waals surface area contributed by atoms with Crippen LogP contribution in [0.15, 0.2) is 60.7 Å². The first-order valence-electron chi connectivity index (χ1n) is 13.2. The van der Waals surface area contributed by atoms with Crippen molar-refractivity contribution in [3.63, 3.8) is 0 Å². The van der Waals surface area contributed by atoms with Gasteiger partial charge in [-0.3, -0.25) is 4.79 Å². The minimum atomic E-state index is -4.13. The van der Waals surface area contributed by atoms with E-state index in [9.17, 15) is 18.0 Å². The Morgan fingerprint density at radius 3 is 1.92 bits per heavy atom. The van der Waals surface area contributed by atoms with Crippen LogP contribution < -0.4 is 11.1 Å². The van der Waals surface area contributed by atoms with E-state index >= 15 is 0 Å². The monoisotopic (exact) mass is 503 g/mol. The molecule has 0 bridgehead atoms. The van der Waals surface area contributed by atoms with Crippen LogP contribution in [-0.2, 0) is 10.2 Å². The number of hydrogen-bond donors (Lipinski definition) is 2. The highest BCUT2D eigenvalue weighted by molar-refractivity contribution is 5.91. The number of nitrogens with two attached hydrogens (primary N) is 1. The van der Waals surface area contributed by atoms with E-state index in [0.29, 0.717) is 6.54 Å². The van der Waals surface area contributed by atoms with E-state index in [1.54, 1.807) is 0 Å². The molecule has 36 heavy (non-hydrogen) atoms. The van der Waals surface area contributed by atoms with Gasteiger partial charge in [0.1, 0.15) is 5.41 Å². The smallest absolute Gasteiger partial charge is 0.369 e. The molecule has 3 rings (SSSR count). The summed E-state index contributed by atoms with van der Waals surface area (Å²) in [6.07, 6.45) is 4.14. The maximum absolute atomic E-state index is 13.2. The van der Waals surface area contributed by atoms with Gasteiger partial charge in [-0.25, -0.2) is 0 Å². The number of nitrogens with zero attached hydrogens (tertiary/aromatic N) is 1. The molecular formula is C29H40F3N3O. The van der Waals surface area contributed by atoms with E-state index in [4.69, 9.17) is 5.73 Å². The van der Waals surface area contributed by atoms with Gasteiger partial charge in [0, 0.05) is 6.54 Å². The molecule has 0 saturated carbocycles. The number of primary amides is 1. The van der Waals surface area contributed by atoms with Crippen molar-refractivity contribution in [3.05, 3.63) is 71.8 Å². The molecule has 1 saturated heterocycles. The number of carbonyl (C=O) groups excluding carboxylic acids is 1. The van der Waals surface area contributed by atoms with Crippen LogP contribution in [0.25, 0.3) is 0 Å². The molecule has 1 aliphatic rings. The zero-order chi connectivity index (χ0) is 25.9. The summed E-state index contributed by atoms with van der Waals surface area (Å²) in [5.74, 6) is -0.175. The summed E-state index contributed by atoms with van der Waals surface area (Å²) >= 11 is 0. The van der Waals surface area contributed by atoms with Crippen LogP contribution in [0.3, 0.4) is 0 Å². The lowest BCUT2D eigenvalue weighted by Gasteiger charge is -2.37. The third kappa shape index (κ3) is 7.81. The fourth-order valence-corrected chi connectivity index (χ4v) is 5.61. The van der Waals surface area contributed by atoms with Gasteiger partial charge in [0.15, 0.2) is 0 Å². The number of halogens is 3. The number of hydrogen-bond acceptors (Lipinski definition) is 3. The second-order valence-electron chi connectivity index (χ2n) is 9.96. The first-order valence-corrected chi connectivity index (χ1v) is 13.2. The molecule has 1 fully saturated rings. The number of alkyl halides is 3. The summed E-state index contributed by atoms with van der Waals surface area (Å²) in [5.41, 5.74) is 7.26. The summed E-state index contributed by atoms with van der Waals surface area (Å²) in [6.45, 7) is 2.34. The second kappa shape index (κ2) is 13.8. The lowest BCUT2D eigenvalue weighted by molar-refractivity contribution is -0.125. The maximum atomic E-state index is 13.2. The number of amides is 1. The average Bonchev–Trinajstić information content (AvgIpc) is 3.32. The summed E-state index contributed by atoms with van der Waals surface area (Å²) in [6, 6.07) is 19.9. The van der Waals surface area contributed by atoms with Gasteiger partial charge in [-0.1, -0.05) is 92.8 Å². The van der Waals surface area contributed by atoms with Gasteiger partial charge in [-0.05, 0) is 55.9 Å². The third-order valence-electron chi connectivity index (χ3n) is 7.39. The molecule has 0 aromatic heterocycles. The normalized spacial score (nSPS) is 16.9. The Hall–Kier alpha value is -2.38. The van der Waals surface area contributed by atoms with E-state index in [0.717, 1.165) is 82.1 Å². The van der Waals surface area contributed by atoms with Gasteiger partial charge >= 0.3 is 6.18 Å². The van der Waals surface area contributed by atoms with Crippen molar-refractivity contribution >= 4 is 5.91 Å². The van der Waals surface area contributed by atoms with Crippen molar-refractivity contribution in [2.75, 3.05) is 32.7 Å². The molecule has 1 amide bonds. The molecule has 1 atom stereocenters. The lowest BCUT2D eigenvalue weighted by Crippen LogP contribution is -2.49. The van der Waals surface area contributed by atoms with Crippen molar-refractivity contribution < 1.29 is 18.0 Å². The van der Waals surface area contributed by atoms with E-state index in [1.807, 2.05) is 60.7 Å². The van der Waals surface area contributed by atoms with Crippen LogP contribution in [0.2, 0.25) is 0 Å². The molecule has 1 aliphatic heterocycles. The van der Waals surface area contributed by atoms with Crippen molar-refractivity contribution in [2.24, 2.45) is 11.7 Å². The maximum Gasteiger partial charge on any atom is 0.401 e. The molecule has 0 aliphatic carbocycles. The van der Waals surface area contributed by atoms with Gasteiger partial charge in [0.2, 0.25) is 5.91 Å². The summed E-state index contributed by atoms with van der Waals surface area (Å²) in [7, 11) is 0. The molecule has 0 unspecified atom stereocenters. The van der Waals surface area contributed by atoms with Crippen molar-refractivity contribution in [1.82, 2.24) is 10.2 Å². The van der Waals surface area contributed by atoms with E-state index in [1.165, 1.54) is 0 Å². The number of likely N-dealkylation sites (tertiary alicyclic amines) is 1. The largest absolute Gasteiger partial charge is 0.401 e. The Kier molecular flexibility index (Phi) is 10.8. The predicted octanol–water partition coefficient (Wildman–Crippen LogP) is 5.66. The van der Waals surface area contributed by atoms with E-state index in [-0.39, 0.29) is 11.8 Å². The molecule has 2 aromatic carbocycles. The van der Waals surface area contributed by atoms with E-state index < -0.39 is 18.1 Å². The van der Waals surface area contributed by atoms with E-state index in [2.05, 4.69) is 10.2 Å². The second-order valence-corrected chi connectivity index (χ2v) is 9.96. The number of rotatable bonds is 15. The first kappa shape index (κ1) is 28.2. The SMILES string of the molecule is NC(=O)C(c1ccccc1)(c1ccccc1)[C@H]1CCN(CCCCCCCCCNCC(F)(F)F)C1. The Morgan fingerprint density at radius 1 is 0.861 bits per heavy atom. The number of unbranched alkanes of at least 4 members (excludes halogenated alkanes) is 6. The third-order valence-corrected chi connectivity index (χ3v) is 7.39. The molecule has 3 N–H and O–H groups in total. The molecule has 7 heteroatoms. The van der Waals surface area contributed by atoms with Crippen LogP contribution in [0.5, 0.6) is 0 Å². The van der Waals surface area contributed by atoms with Crippen LogP contribution in [-0.4, -0.2) is 49.7 Å². The topological polar surface area (TPSA) is 58.4 Å². The Labute approximate surface area is 213 Å². The minimum absolute atomic E-state index is 0.116. The molecule has 2 aromatic rings. The van der Waals surface area contributed by atoms with Gasteiger partial charge in [0.05, 0.1) is 6.54 Å². The van der Waals surface area contributed by atoms with Crippen LogP contribution >= 0.6 is 0 Å². The number of benzene rings is 2. The Bertz CT molecular complexity index is 865. The highest BCUT2D eigenvalue weighted by Gasteiger charge is 2.49. The fraction of sp³-hybridized carbons (Fsp3) is 0.552. The Balaban J connectivity index is 1.44. The molecule has 0 radical (unpaired) electrons. The molecule has 0 spiro atoms. The van der Waals surface area contributed by atoms with Gasteiger partial charge in [0.25, 0.3) is 0 Å². The predicted molar refractivity (Wildman–Crippen MR) is 139 cm³/mol. The highest BCUT2D eigenvalue weighted by atomic mass is 19.4. The van der Waals surface area contributed by atoms with Crippen molar-refractivity contribution in [1.29, 1.82) is 0 Å². The van der Waals surface area contributed by atoms with Gasteiger partial charge < -0.3 is 16.0 Å². The number of nitrogens with one attached hydrogen (secondary N) is 1. The average molecular weight is 504 g/mol. The molecule has 4 nitrogen and oxygen atoms in total. The van der Waals surface area contributed by atoms with Crippen LogP contribution in [0.4, 0.5) is 13.2 Å². The minimum Gasteiger partial charge on any atom is -0.369 e. The lowest BCUT2D eigenvalue weighted by atomic mass is 9.64. The quantitative estimate of drug-likeness (QED) is 0.308. The Morgan fingerprint density at radius 2 is 1.39 bits per heavy atom. The summed E-state index contributed by atoms with van der Waals surface area (Å²) < 4.78 is 36.3. The first-order chi connectivity index (χ1) is 17.3.